The van der Waals surface area contributed by atoms with Gasteiger partial charge in [0, 0.05) is 29.6 Å². The predicted octanol–water partition coefficient (Wildman–Crippen LogP) is 7.21. The van der Waals surface area contributed by atoms with Crippen LogP contribution in [0.3, 0.4) is 0 Å². The fourth-order valence-corrected chi connectivity index (χ4v) is 8.18. The smallest absolute Gasteiger partial charge is 0.341 e. The molecule has 2 saturated heterocycles. The zero-order valence-corrected chi connectivity index (χ0v) is 26.4. The molecule has 2 fully saturated rings. The van der Waals surface area contributed by atoms with Gasteiger partial charge in [-0.15, -0.1) is 0 Å². The molecule has 2 atom stereocenters. The summed E-state index contributed by atoms with van der Waals surface area (Å²) < 4.78 is 41.4. The van der Waals surface area contributed by atoms with Crippen LogP contribution in [0.5, 0.6) is 5.75 Å². The number of benzene rings is 3. The molecule has 3 aromatic carbocycles. The second-order valence-corrected chi connectivity index (χ2v) is 14.4. The van der Waals surface area contributed by atoms with Crippen LogP contribution >= 0.6 is 11.6 Å². The molecule has 5 rings (SSSR count). The Balaban J connectivity index is 1.33. The van der Waals surface area contributed by atoms with Gasteiger partial charge in [-0.25, -0.2) is 13.2 Å². The molecule has 1 spiro atoms. The zero-order chi connectivity index (χ0) is 30.9. The standard InChI is InChI=1S/C34H38ClNO6S/c1-22(2)29-19-34(21-42-33(29)32-24(4)15-23(3)16-30(32)41-20-31(37)38)11-13-36(14-12-34)43(39,40)28-10-6-8-26(18-28)25-7-5-9-27(35)17-25/h5-10,15-18,29,33H,1,11-14,19-21H2,2-4H3,(H,37,38)/t29-,33+/m1/s1. The number of hydrogen-bond donors (Lipinski definition) is 1. The molecular weight excluding hydrogens is 586 g/mol. The van der Waals surface area contributed by atoms with Crippen molar-refractivity contribution in [1.82, 2.24) is 4.31 Å². The van der Waals surface area contributed by atoms with Crippen molar-refractivity contribution in [1.29, 1.82) is 0 Å². The molecule has 1 N–H and O–H groups in total. The lowest BCUT2D eigenvalue weighted by atomic mass is 9.67. The third kappa shape index (κ3) is 6.68. The Kier molecular flexibility index (Phi) is 9.05. The SMILES string of the molecule is C=C(C)[C@H]1CC2(CCN(S(=O)(=O)c3cccc(-c4cccc(Cl)c4)c3)CC2)CO[C@@H]1c1c(C)cc(C)cc1OCC(=O)O. The van der Waals surface area contributed by atoms with Crippen molar-refractivity contribution >= 4 is 27.6 Å². The van der Waals surface area contributed by atoms with E-state index in [1.54, 1.807) is 28.6 Å². The molecule has 7 nitrogen and oxygen atoms in total. The predicted molar refractivity (Wildman–Crippen MR) is 168 cm³/mol. The highest BCUT2D eigenvalue weighted by Gasteiger charge is 2.46. The number of halogens is 1. The molecule has 0 aromatic heterocycles. The second kappa shape index (κ2) is 12.4. The van der Waals surface area contributed by atoms with Crippen LogP contribution in [0.15, 0.2) is 77.7 Å². The van der Waals surface area contributed by atoms with Gasteiger partial charge in [-0.05, 0) is 98.0 Å². The Morgan fingerprint density at radius 2 is 1.77 bits per heavy atom. The lowest BCUT2D eigenvalue weighted by molar-refractivity contribution is -0.139. The maximum Gasteiger partial charge on any atom is 0.341 e. The third-order valence-electron chi connectivity index (χ3n) is 8.76. The van der Waals surface area contributed by atoms with E-state index in [-0.39, 0.29) is 22.3 Å². The summed E-state index contributed by atoms with van der Waals surface area (Å²) in [5, 5.41) is 9.82. The van der Waals surface area contributed by atoms with Crippen LogP contribution < -0.4 is 4.74 Å². The van der Waals surface area contributed by atoms with E-state index in [0.717, 1.165) is 39.8 Å². The number of carbonyl (C=O) groups is 1. The zero-order valence-electron chi connectivity index (χ0n) is 24.8. The highest BCUT2D eigenvalue weighted by molar-refractivity contribution is 7.89. The molecule has 0 saturated carbocycles. The van der Waals surface area contributed by atoms with Crippen LogP contribution in [-0.2, 0) is 19.6 Å². The van der Waals surface area contributed by atoms with E-state index in [1.165, 1.54) is 0 Å². The average molecular weight is 624 g/mol. The lowest BCUT2D eigenvalue weighted by Crippen LogP contribution is -2.48. The van der Waals surface area contributed by atoms with Gasteiger partial charge < -0.3 is 14.6 Å². The Morgan fingerprint density at radius 1 is 1.09 bits per heavy atom. The van der Waals surface area contributed by atoms with Gasteiger partial charge in [0.2, 0.25) is 10.0 Å². The van der Waals surface area contributed by atoms with Gasteiger partial charge in [0.15, 0.2) is 6.61 Å². The first-order chi connectivity index (χ1) is 20.4. The Bertz CT molecular complexity index is 1640. The summed E-state index contributed by atoms with van der Waals surface area (Å²) in [6.45, 7) is 11.1. The summed E-state index contributed by atoms with van der Waals surface area (Å²) in [4.78, 5) is 11.5. The van der Waals surface area contributed by atoms with Gasteiger partial charge in [0.25, 0.3) is 0 Å². The molecule has 2 heterocycles. The maximum absolute atomic E-state index is 13.7. The number of carboxylic acid groups (broad SMARTS) is 1. The van der Waals surface area contributed by atoms with Crippen LogP contribution in [0.4, 0.5) is 0 Å². The number of carboxylic acids is 1. The van der Waals surface area contributed by atoms with Crippen molar-refractivity contribution < 1.29 is 27.8 Å². The first-order valence-electron chi connectivity index (χ1n) is 14.5. The molecular formula is C34H38ClNO6S. The number of rotatable bonds is 8. The van der Waals surface area contributed by atoms with E-state index in [4.69, 9.17) is 21.1 Å². The Morgan fingerprint density at radius 3 is 2.42 bits per heavy atom. The van der Waals surface area contributed by atoms with Gasteiger partial charge in [0.05, 0.1) is 17.6 Å². The van der Waals surface area contributed by atoms with Crippen molar-refractivity contribution in [3.63, 3.8) is 0 Å². The molecule has 0 radical (unpaired) electrons. The fourth-order valence-electron chi connectivity index (χ4n) is 6.50. The number of aryl methyl sites for hydroxylation is 2. The quantitative estimate of drug-likeness (QED) is 0.267. The molecule has 9 heteroatoms. The van der Waals surface area contributed by atoms with Gasteiger partial charge in [0.1, 0.15) is 5.75 Å². The van der Waals surface area contributed by atoms with Crippen molar-refractivity contribution in [2.45, 2.75) is 51.0 Å². The molecule has 2 aliphatic heterocycles. The molecule has 0 amide bonds. The lowest BCUT2D eigenvalue weighted by Gasteiger charge is -2.49. The largest absolute Gasteiger partial charge is 0.482 e. The molecule has 0 bridgehead atoms. The van der Waals surface area contributed by atoms with Crippen LogP contribution in [0.25, 0.3) is 11.1 Å². The van der Waals surface area contributed by atoms with E-state index >= 15 is 0 Å². The second-order valence-electron chi connectivity index (χ2n) is 12.0. The van der Waals surface area contributed by atoms with E-state index in [9.17, 15) is 18.3 Å². The molecule has 0 unspecified atom stereocenters. The number of sulfonamides is 1. The number of piperidine rings is 1. The summed E-state index contributed by atoms with van der Waals surface area (Å²) in [5.74, 6) is -0.545. The van der Waals surface area contributed by atoms with Gasteiger partial charge >= 0.3 is 5.97 Å². The number of hydrogen-bond acceptors (Lipinski definition) is 5. The molecule has 43 heavy (non-hydrogen) atoms. The highest BCUT2D eigenvalue weighted by Crippen LogP contribution is 2.52. The molecule has 0 aliphatic carbocycles. The number of ether oxygens (including phenoxy) is 2. The summed E-state index contributed by atoms with van der Waals surface area (Å²) >= 11 is 6.17. The van der Waals surface area contributed by atoms with E-state index in [1.807, 2.05) is 51.1 Å². The highest BCUT2D eigenvalue weighted by atomic mass is 35.5. The van der Waals surface area contributed by atoms with Crippen LogP contribution in [-0.4, -0.2) is 50.1 Å². The number of nitrogens with zero attached hydrogens (tertiary/aromatic N) is 1. The third-order valence-corrected chi connectivity index (χ3v) is 10.9. The summed E-state index contributed by atoms with van der Waals surface area (Å²) in [7, 11) is -3.69. The van der Waals surface area contributed by atoms with Crippen molar-refractivity contribution in [3.05, 3.63) is 94.5 Å². The molecule has 2 aliphatic rings. The van der Waals surface area contributed by atoms with Crippen LogP contribution in [0, 0.1) is 25.2 Å². The molecule has 3 aromatic rings. The minimum Gasteiger partial charge on any atom is -0.482 e. The normalized spacial score (nSPS) is 20.6. The monoisotopic (exact) mass is 623 g/mol. The fraction of sp³-hybridized carbons (Fsp3) is 0.382. The summed E-state index contributed by atoms with van der Waals surface area (Å²) in [6, 6.07) is 18.3. The van der Waals surface area contributed by atoms with Crippen LogP contribution in [0.2, 0.25) is 5.02 Å². The minimum atomic E-state index is -3.69. The van der Waals surface area contributed by atoms with Gasteiger partial charge in [-0.2, -0.15) is 4.31 Å². The minimum absolute atomic E-state index is 0.0279. The molecule has 228 valence electrons. The summed E-state index contributed by atoms with van der Waals surface area (Å²) in [5.41, 5.74) is 5.26. The topological polar surface area (TPSA) is 93.1 Å². The first-order valence-corrected chi connectivity index (χ1v) is 16.3. The van der Waals surface area contributed by atoms with Gasteiger partial charge in [-0.3, -0.25) is 0 Å². The van der Waals surface area contributed by atoms with Crippen molar-refractivity contribution in [2.24, 2.45) is 11.3 Å². The van der Waals surface area contributed by atoms with E-state index in [0.29, 0.717) is 43.3 Å². The van der Waals surface area contributed by atoms with Gasteiger partial charge in [-0.1, -0.05) is 54.1 Å². The van der Waals surface area contributed by atoms with Crippen molar-refractivity contribution in [2.75, 3.05) is 26.3 Å². The van der Waals surface area contributed by atoms with Crippen molar-refractivity contribution in [3.8, 4) is 16.9 Å². The average Bonchev–Trinajstić information content (AvgIpc) is 2.96. The Labute approximate surface area is 259 Å². The van der Waals surface area contributed by atoms with Crippen LogP contribution in [0.1, 0.15) is 49.0 Å². The Hall–Kier alpha value is -3.17. The summed E-state index contributed by atoms with van der Waals surface area (Å²) in [6.07, 6.45) is 1.82. The first kappa shape index (κ1) is 31.3. The van der Waals surface area contributed by atoms with E-state index in [2.05, 4.69) is 12.6 Å². The number of aliphatic carboxylic acids is 1. The van der Waals surface area contributed by atoms with E-state index < -0.39 is 22.6 Å². The maximum atomic E-state index is 13.7.